The predicted octanol–water partition coefficient (Wildman–Crippen LogP) is 0.719. The highest BCUT2D eigenvalue weighted by molar-refractivity contribution is 5.14. The van der Waals surface area contributed by atoms with E-state index in [-0.39, 0.29) is 13.2 Å². The summed E-state index contributed by atoms with van der Waals surface area (Å²) in [6, 6.07) is 10.5. The van der Waals surface area contributed by atoms with E-state index in [0.29, 0.717) is 0 Å². The van der Waals surface area contributed by atoms with Gasteiger partial charge < -0.3 is 15.1 Å². The molecule has 0 saturated carbocycles. The first-order valence-corrected chi connectivity index (χ1v) is 4.61. The second-order valence-electron chi connectivity index (χ2n) is 3.17. The lowest BCUT2D eigenvalue weighted by atomic mass is 10.2. The Labute approximate surface area is 85.6 Å². The summed E-state index contributed by atoms with van der Waals surface area (Å²) in [5.74, 6) is 0. The molecule has 0 aliphatic carbocycles. The molecule has 0 aromatic heterocycles. The van der Waals surface area contributed by atoms with Gasteiger partial charge in [0.2, 0.25) is 0 Å². The van der Waals surface area contributed by atoms with Crippen LogP contribution in [-0.4, -0.2) is 42.4 Å². The van der Waals surface area contributed by atoms with E-state index in [4.69, 9.17) is 10.2 Å². The molecular weight excluding hydrogens is 178 g/mol. The predicted molar refractivity (Wildman–Crippen MR) is 58.0 cm³/mol. The molecule has 80 valence electrons. The minimum absolute atomic E-state index is 0.125. The van der Waals surface area contributed by atoms with Crippen LogP contribution in [0.2, 0.25) is 0 Å². The number of rotatable bonds is 3. The molecule has 0 radical (unpaired) electrons. The van der Waals surface area contributed by atoms with Crippen LogP contribution < -0.4 is 0 Å². The SMILES string of the molecule is CN(C)Cc1ccccc1.OCCO. The van der Waals surface area contributed by atoms with Crippen LogP contribution in [0.5, 0.6) is 0 Å². The molecule has 0 fully saturated rings. The lowest BCUT2D eigenvalue weighted by molar-refractivity contribution is 0.186. The first-order chi connectivity index (χ1) is 6.70. The number of aliphatic hydroxyl groups is 2. The molecule has 0 atom stereocenters. The summed E-state index contributed by atoms with van der Waals surface area (Å²) >= 11 is 0. The Morgan fingerprint density at radius 2 is 1.50 bits per heavy atom. The molecule has 0 aliphatic rings. The van der Waals surface area contributed by atoms with Crippen LogP contribution in [-0.2, 0) is 6.54 Å². The van der Waals surface area contributed by atoms with E-state index in [2.05, 4.69) is 43.3 Å². The van der Waals surface area contributed by atoms with E-state index < -0.39 is 0 Å². The fraction of sp³-hybridized carbons (Fsp3) is 0.455. The molecule has 1 aromatic carbocycles. The maximum atomic E-state index is 7.62. The van der Waals surface area contributed by atoms with Crippen LogP contribution in [0, 0.1) is 0 Å². The van der Waals surface area contributed by atoms with E-state index in [0.717, 1.165) is 6.54 Å². The molecule has 0 unspecified atom stereocenters. The smallest absolute Gasteiger partial charge is 0.0662 e. The molecule has 1 aromatic rings. The van der Waals surface area contributed by atoms with Crippen LogP contribution in [0.15, 0.2) is 30.3 Å². The molecule has 0 aliphatic heterocycles. The standard InChI is InChI=1S/C9H13N.C2H6O2/c1-10(2)8-9-6-4-3-5-7-9;3-1-2-4/h3-7H,8H2,1-2H3;3-4H,1-2H2. The Bertz CT molecular complexity index is 210. The van der Waals surface area contributed by atoms with Gasteiger partial charge in [-0.1, -0.05) is 30.3 Å². The van der Waals surface area contributed by atoms with Crippen LogP contribution in [0.25, 0.3) is 0 Å². The molecule has 0 spiro atoms. The van der Waals surface area contributed by atoms with Gasteiger partial charge in [0.1, 0.15) is 0 Å². The third-order valence-electron chi connectivity index (χ3n) is 1.44. The van der Waals surface area contributed by atoms with Crippen molar-refractivity contribution in [2.45, 2.75) is 6.54 Å². The monoisotopic (exact) mass is 197 g/mol. The minimum atomic E-state index is -0.125. The van der Waals surface area contributed by atoms with Crippen molar-refractivity contribution in [3.8, 4) is 0 Å². The van der Waals surface area contributed by atoms with Crippen LogP contribution in [0.3, 0.4) is 0 Å². The number of benzene rings is 1. The molecule has 0 saturated heterocycles. The lowest BCUT2D eigenvalue weighted by Crippen LogP contribution is -2.10. The van der Waals surface area contributed by atoms with Crippen molar-refractivity contribution in [2.24, 2.45) is 0 Å². The Morgan fingerprint density at radius 1 is 1.00 bits per heavy atom. The molecule has 3 nitrogen and oxygen atoms in total. The first kappa shape index (κ1) is 13.1. The molecule has 3 heteroatoms. The normalized spacial score (nSPS) is 9.50. The molecule has 2 N–H and O–H groups in total. The highest BCUT2D eigenvalue weighted by Crippen LogP contribution is 1.99. The van der Waals surface area contributed by atoms with Crippen LogP contribution >= 0.6 is 0 Å². The zero-order chi connectivity index (χ0) is 10.8. The summed E-state index contributed by atoms with van der Waals surface area (Å²) in [5.41, 5.74) is 1.37. The fourth-order valence-corrected chi connectivity index (χ4v) is 0.949. The highest BCUT2D eigenvalue weighted by Gasteiger charge is 1.90. The molecule has 0 amide bonds. The summed E-state index contributed by atoms with van der Waals surface area (Å²) in [6.45, 7) is 0.779. The largest absolute Gasteiger partial charge is 0.394 e. The average Bonchev–Trinajstić information content (AvgIpc) is 2.19. The Balaban J connectivity index is 0.000000364. The highest BCUT2D eigenvalue weighted by atomic mass is 16.3. The van der Waals surface area contributed by atoms with E-state index in [1.54, 1.807) is 0 Å². The summed E-state index contributed by atoms with van der Waals surface area (Å²) in [4.78, 5) is 2.16. The van der Waals surface area contributed by atoms with Gasteiger partial charge in [-0.2, -0.15) is 0 Å². The Kier molecular flexibility index (Phi) is 8.13. The van der Waals surface area contributed by atoms with Gasteiger partial charge in [-0.25, -0.2) is 0 Å². The summed E-state index contributed by atoms with van der Waals surface area (Å²) in [6.07, 6.45) is 0. The van der Waals surface area contributed by atoms with Gasteiger partial charge in [-0.3, -0.25) is 0 Å². The lowest BCUT2D eigenvalue weighted by Gasteiger charge is -2.08. The molecular formula is C11H19NO2. The Hall–Kier alpha value is -0.900. The second kappa shape index (κ2) is 8.69. The molecule has 1 rings (SSSR count). The van der Waals surface area contributed by atoms with Crippen molar-refractivity contribution in [3.63, 3.8) is 0 Å². The summed E-state index contributed by atoms with van der Waals surface area (Å²) < 4.78 is 0. The zero-order valence-electron chi connectivity index (χ0n) is 8.85. The van der Waals surface area contributed by atoms with Gasteiger partial charge in [0.05, 0.1) is 13.2 Å². The van der Waals surface area contributed by atoms with Crippen molar-refractivity contribution in [2.75, 3.05) is 27.3 Å². The quantitative estimate of drug-likeness (QED) is 0.750. The van der Waals surface area contributed by atoms with E-state index in [9.17, 15) is 0 Å². The van der Waals surface area contributed by atoms with Gasteiger partial charge in [0, 0.05) is 6.54 Å². The number of nitrogens with zero attached hydrogens (tertiary/aromatic N) is 1. The molecule has 0 bridgehead atoms. The van der Waals surface area contributed by atoms with Gasteiger partial charge in [-0.15, -0.1) is 0 Å². The fourth-order valence-electron chi connectivity index (χ4n) is 0.949. The van der Waals surface area contributed by atoms with Gasteiger partial charge in [0.25, 0.3) is 0 Å². The first-order valence-electron chi connectivity index (χ1n) is 4.61. The van der Waals surface area contributed by atoms with Crippen molar-refractivity contribution in [3.05, 3.63) is 35.9 Å². The Morgan fingerprint density at radius 3 is 1.86 bits per heavy atom. The maximum absolute atomic E-state index is 7.62. The van der Waals surface area contributed by atoms with E-state index in [1.165, 1.54) is 5.56 Å². The number of aliphatic hydroxyl groups excluding tert-OH is 2. The third-order valence-corrected chi connectivity index (χ3v) is 1.44. The summed E-state index contributed by atoms with van der Waals surface area (Å²) in [5, 5.41) is 15.2. The average molecular weight is 197 g/mol. The number of hydrogen-bond donors (Lipinski definition) is 2. The van der Waals surface area contributed by atoms with Gasteiger partial charge in [-0.05, 0) is 19.7 Å². The second-order valence-corrected chi connectivity index (χ2v) is 3.17. The van der Waals surface area contributed by atoms with Crippen LogP contribution in [0.1, 0.15) is 5.56 Å². The van der Waals surface area contributed by atoms with Crippen LogP contribution in [0.4, 0.5) is 0 Å². The maximum Gasteiger partial charge on any atom is 0.0662 e. The van der Waals surface area contributed by atoms with Gasteiger partial charge >= 0.3 is 0 Å². The topological polar surface area (TPSA) is 43.7 Å². The number of hydrogen-bond acceptors (Lipinski definition) is 3. The third kappa shape index (κ3) is 7.73. The van der Waals surface area contributed by atoms with E-state index >= 15 is 0 Å². The van der Waals surface area contributed by atoms with Crippen molar-refractivity contribution >= 4 is 0 Å². The zero-order valence-corrected chi connectivity index (χ0v) is 8.85. The molecule has 0 heterocycles. The van der Waals surface area contributed by atoms with E-state index in [1.807, 2.05) is 6.07 Å². The van der Waals surface area contributed by atoms with Crippen molar-refractivity contribution < 1.29 is 10.2 Å². The molecule has 14 heavy (non-hydrogen) atoms. The van der Waals surface area contributed by atoms with Crippen molar-refractivity contribution in [1.82, 2.24) is 4.90 Å². The van der Waals surface area contributed by atoms with Crippen molar-refractivity contribution in [1.29, 1.82) is 0 Å². The summed E-state index contributed by atoms with van der Waals surface area (Å²) in [7, 11) is 4.15. The van der Waals surface area contributed by atoms with Gasteiger partial charge in [0.15, 0.2) is 0 Å². The minimum Gasteiger partial charge on any atom is -0.394 e.